The molecule has 0 aromatic rings. The lowest BCUT2D eigenvalue weighted by Crippen LogP contribution is -2.59. The van der Waals surface area contributed by atoms with E-state index in [-0.39, 0.29) is 13.1 Å². The summed E-state index contributed by atoms with van der Waals surface area (Å²) < 4.78 is 17.5. The lowest BCUT2D eigenvalue weighted by atomic mass is 10.0. The Balaban J connectivity index is 2.27. The van der Waals surface area contributed by atoms with Crippen molar-refractivity contribution >= 4 is 6.09 Å². The molecule has 4 heteroatoms. The van der Waals surface area contributed by atoms with E-state index >= 15 is 0 Å². The van der Waals surface area contributed by atoms with E-state index in [0.717, 1.165) is 0 Å². The van der Waals surface area contributed by atoms with Gasteiger partial charge in [-0.05, 0) is 13.8 Å². The van der Waals surface area contributed by atoms with E-state index in [9.17, 15) is 9.18 Å². The average molecular weight is 161 g/mol. The maximum Gasteiger partial charge on any atom is 0.409 e. The third-order valence-corrected chi connectivity index (χ3v) is 1.57. The van der Waals surface area contributed by atoms with Gasteiger partial charge in [-0.1, -0.05) is 0 Å². The lowest BCUT2D eigenvalue weighted by molar-refractivity contribution is -0.0161. The fourth-order valence-electron chi connectivity index (χ4n) is 1.09. The predicted molar refractivity (Wildman–Crippen MR) is 38.1 cm³/mol. The Morgan fingerprint density at radius 1 is 1.73 bits per heavy atom. The first-order chi connectivity index (χ1) is 5.05. The van der Waals surface area contributed by atoms with Crippen LogP contribution < -0.4 is 0 Å². The summed E-state index contributed by atoms with van der Waals surface area (Å²) >= 11 is 0. The van der Waals surface area contributed by atoms with Gasteiger partial charge in [0.05, 0.1) is 19.7 Å². The molecule has 0 radical (unpaired) electrons. The van der Waals surface area contributed by atoms with E-state index in [4.69, 9.17) is 0 Å². The van der Waals surface area contributed by atoms with Crippen LogP contribution in [0.25, 0.3) is 0 Å². The van der Waals surface area contributed by atoms with Crippen molar-refractivity contribution in [1.29, 1.82) is 0 Å². The van der Waals surface area contributed by atoms with Crippen LogP contribution in [0.4, 0.5) is 9.18 Å². The third kappa shape index (κ3) is 1.82. The highest BCUT2D eigenvalue weighted by Crippen LogP contribution is 2.24. The van der Waals surface area contributed by atoms with E-state index in [2.05, 4.69) is 4.74 Å². The van der Waals surface area contributed by atoms with E-state index in [1.807, 2.05) is 0 Å². The number of ether oxygens (including phenoxy) is 1. The van der Waals surface area contributed by atoms with Gasteiger partial charge in [-0.15, -0.1) is 0 Å². The Morgan fingerprint density at radius 3 is 2.64 bits per heavy atom. The largest absolute Gasteiger partial charge is 0.450 e. The van der Waals surface area contributed by atoms with Crippen molar-refractivity contribution in [2.75, 3.05) is 19.7 Å². The molecular weight excluding hydrogens is 149 g/mol. The van der Waals surface area contributed by atoms with Gasteiger partial charge in [0, 0.05) is 0 Å². The van der Waals surface area contributed by atoms with Crippen molar-refractivity contribution in [2.24, 2.45) is 0 Å². The highest BCUT2D eigenvalue weighted by atomic mass is 19.1. The third-order valence-electron chi connectivity index (χ3n) is 1.57. The molecule has 0 saturated carbocycles. The topological polar surface area (TPSA) is 29.5 Å². The molecule has 0 spiro atoms. The Bertz CT molecular complexity index is 162. The zero-order valence-electron chi connectivity index (χ0n) is 6.76. The van der Waals surface area contributed by atoms with Crippen LogP contribution >= 0.6 is 0 Å². The van der Waals surface area contributed by atoms with E-state index in [1.165, 1.54) is 11.8 Å². The molecule has 3 nitrogen and oxygen atoms in total. The lowest BCUT2D eigenvalue weighted by Gasteiger charge is -2.40. The Hall–Kier alpha value is -0.800. The number of hydrogen-bond acceptors (Lipinski definition) is 2. The minimum absolute atomic E-state index is 0.159. The molecule has 0 N–H and O–H groups in total. The van der Waals surface area contributed by atoms with E-state index < -0.39 is 11.8 Å². The number of hydrogen-bond donors (Lipinski definition) is 0. The normalized spacial score (nSPS) is 20.8. The smallest absolute Gasteiger partial charge is 0.409 e. The monoisotopic (exact) mass is 161 g/mol. The molecule has 0 bridgehead atoms. The van der Waals surface area contributed by atoms with Crippen molar-refractivity contribution in [2.45, 2.75) is 19.5 Å². The zero-order chi connectivity index (χ0) is 8.48. The van der Waals surface area contributed by atoms with Crippen molar-refractivity contribution in [3.63, 3.8) is 0 Å². The summed E-state index contributed by atoms with van der Waals surface area (Å²) in [6.07, 6.45) is -0.414. The molecule has 1 saturated heterocycles. The maximum atomic E-state index is 12.8. The van der Waals surface area contributed by atoms with Crippen molar-refractivity contribution in [3.05, 3.63) is 0 Å². The molecule has 64 valence electrons. The molecule has 1 heterocycles. The first kappa shape index (κ1) is 8.30. The molecule has 0 atom stereocenters. The SMILES string of the molecule is CCOC(=O)N1CC(C)(F)C1. The summed E-state index contributed by atoms with van der Waals surface area (Å²) in [5, 5.41) is 0. The van der Waals surface area contributed by atoms with Crippen LogP contribution in [0.3, 0.4) is 0 Å². The van der Waals surface area contributed by atoms with Crippen LogP contribution in [0.2, 0.25) is 0 Å². The summed E-state index contributed by atoms with van der Waals surface area (Å²) in [6, 6.07) is 0. The zero-order valence-corrected chi connectivity index (χ0v) is 6.76. The van der Waals surface area contributed by atoms with Gasteiger partial charge < -0.3 is 9.64 Å². The van der Waals surface area contributed by atoms with Crippen LogP contribution in [0.5, 0.6) is 0 Å². The number of amides is 1. The van der Waals surface area contributed by atoms with Gasteiger partial charge in [-0.2, -0.15) is 0 Å². The van der Waals surface area contributed by atoms with Crippen LogP contribution in [0.1, 0.15) is 13.8 Å². The highest BCUT2D eigenvalue weighted by Gasteiger charge is 2.42. The van der Waals surface area contributed by atoms with Gasteiger partial charge in [-0.3, -0.25) is 0 Å². The molecule has 0 unspecified atom stereocenters. The maximum absolute atomic E-state index is 12.8. The first-order valence-electron chi connectivity index (χ1n) is 3.66. The summed E-state index contributed by atoms with van der Waals surface area (Å²) in [4.78, 5) is 12.2. The molecule has 1 fully saturated rings. The summed E-state index contributed by atoms with van der Waals surface area (Å²) in [5.74, 6) is 0. The number of carbonyl (C=O) groups excluding carboxylic acids is 1. The summed E-state index contributed by atoms with van der Waals surface area (Å²) in [6.45, 7) is 3.87. The molecule has 11 heavy (non-hydrogen) atoms. The highest BCUT2D eigenvalue weighted by molar-refractivity contribution is 5.69. The molecule has 0 aromatic heterocycles. The Kier molecular flexibility index (Phi) is 2.02. The van der Waals surface area contributed by atoms with Crippen molar-refractivity contribution < 1.29 is 13.9 Å². The van der Waals surface area contributed by atoms with Gasteiger partial charge in [0.15, 0.2) is 0 Å². The Morgan fingerprint density at radius 2 is 2.27 bits per heavy atom. The van der Waals surface area contributed by atoms with Gasteiger partial charge >= 0.3 is 6.09 Å². The predicted octanol–water partition coefficient (Wildman–Crippen LogP) is 1.19. The second-order valence-corrected chi connectivity index (χ2v) is 2.97. The van der Waals surface area contributed by atoms with Gasteiger partial charge in [0.1, 0.15) is 5.67 Å². The number of carbonyl (C=O) groups is 1. The number of rotatable bonds is 1. The number of nitrogens with zero attached hydrogens (tertiary/aromatic N) is 1. The standard InChI is InChI=1S/C7H12FNO2/c1-3-11-6(10)9-4-7(2,8)5-9/h3-5H2,1-2H3. The first-order valence-corrected chi connectivity index (χ1v) is 3.66. The second-order valence-electron chi connectivity index (χ2n) is 2.97. The molecule has 0 aliphatic carbocycles. The number of alkyl halides is 1. The summed E-state index contributed by atoms with van der Waals surface area (Å²) in [5.41, 5.74) is -1.20. The Labute approximate surface area is 65.1 Å². The van der Waals surface area contributed by atoms with Gasteiger partial charge in [-0.25, -0.2) is 9.18 Å². The molecule has 1 aliphatic heterocycles. The van der Waals surface area contributed by atoms with Crippen LogP contribution in [-0.2, 0) is 4.74 Å². The number of halogens is 1. The van der Waals surface area contributed by atoms with Gasteiger partial charge in [0.25, 0.3) is 0 Å². The van der Waals surface area contributed by atoms with E-state index in [0.29, 0.717) is 6.61 Å². The quantitative estimate of drug-likeness (QED) is 0.578. The van der Waals surface area contributed by atoms with Crippen LogP contribution in [-0.4, -0.2) is 36.4 Å². The summed E-state index contributed by atoms with van der Waals surface area (Å²) in [7, 11) is 0. The fourth-order valence-corrected chi connectivity index (χ4v) is 1.09. The molecule has 1 aliphatic rings. The minimum Gasteiger partial charge on any atom is -0.450 e. The molecular formula is C7H12FNO2. The van der Waals surface area contributed by atoms with E-state index in [1.54, 1.807) is 6.92 Å². The second kappa shape index (κ2) is 2.68. The average Bonchev–Trinajstić information content (AvgIpc) is 1.83. The number of likely N-dealkylation sites (tertiary alicyclic amines) is 1. The fraction of sp³-hybridized carbons (Fsp3) is 0.857. The van der Waals surface area contributed by atoms with Crippen LogP contribution in [0, 0.1) is 0 Å². The van der Waals surface area contributed by atoms with Gasteiger partial charge in [0.2, 0.25) is 0 Å². The van der Waals surface area contributed by atoms with Crippen molar-refractivity contribution in [3.8, 4) is 0 Å². The minimum atomic E-state index is -1.20. The molecule has 0 aromatic carbocycles. The molecule has 1 amide bonds. The molecule has 1 rings (SSSR count). The van der Waals surface area contributed by atoms with Crippen molar-refractivity contribution in [1.82, 2.24) is 4.90 Å². The van der Waals surface area contributed by atoms with Crippen LogP contribution in [0.15, 0.2) is 0 Å².